The normalized spacial score (nSPS) is 30.5. The summed E-state index contributed by atoms with van der Waals surface area (Å²) in [5.74, 6) is 0. The van der Waals surface area contributed by atoms with E-state index in [-0.39, 0.29) is 11.1 Å². The molecule has 18 heavy (non-hydrogen) atoms. The van der Waals surface area contributed by atoms with E-state index in [4.69, 9.17) is 4.84 Å². The van der Waals surface area contributed by atoms with E-state index in [2.05, 4.69) is 38.5 Å². The summed E-state index contributed by atoms with van der Waals surface area (Å²) < 4.78 is 0. The zero-order valence-corrected chi connectivity index (χ0v) is 12.7. The molecule has 0 radical (unpaired) electrons. The van der Waals surface area contributed by atoms with Gasteiger partial charge < -0.3 is 5.73 Å². The van der Waals surface area contributed by atoms with Crippen LogP contribution in [0.4, 0.5) is 0 Å². The Hall–Kier alpha value is -0.120. The minimum Gasteiger partial charge on any atom is -0.355 e. The Bertz CT molecular complexity index is 264. The van der Waals surface area contributed by atoms with Crippen LogP contribution in [-0.4, -0.2) is 28.3 Å². The van der Waals surface area contributed by atoms with Crippen LogP contribution in [0.2, 0.25) is 0 Å². The molecule has 1 aliphatic carbocycles. The lowest BCUT2D eigenvalue weighted by atomic mass is 9.79. The second-order valence-corrected chi connectivity index (χ2v) is 7.56. The third-order valence-electron chi connectivity index (χ3n) is 4.48. The Morgan fingerprint density at radius 1 is 0.944 bits per heavy atom. The van der Waals surface area contributed by atoms with Crippen molar-refractivity contribution in [1.82, 2.24) is 5.06 Å². The van der Waals surface area contributed by atoms with Crippen molar-refractivity contribution >= 4 is 0 Å². The number of quaternary nitrogens is 1. The second kappa shape index (κ2) is 5.10. The van der Waals surface area contributed by atoms with Crippen molar-refractivity contribution in [2.45, 2.75) is 95.9 Å². The van der Waals surface area contributed by atoms with Gasteiger partial charge in [-0.2, -0.15) is 5.06 Å². The summed E-state index contributed by atoms with van der Waals surface area (Å²) in [6.45, 7) is 9.20. The summed E-state index contributed by atoms with van der Waals surface area (Å²) in [4.78, 5) is 6.42. The van der Waals surface area contributed by atoms with Gasteiger partial charge >= 0.3 is 0 Å². The highest BCUT2D eigenvalue weighted by atomic mass is 16.7. The van der Waals surface area contributed by atoms with Crippen molar-refractivity contribution in [3.05, 3.63) is 0 Å². The number of hydrogen-bond donors (Lipinski definition) is 1. The summed E-state index contributed by atoms with van der Waals surface area (Å²) in [6, 6.07) is 0.543. The first-order chi connectivity index (χ1) is 8.31. The standard InChI is InChI=1S/C15H30N2O/c1-14(2)10-12(16)11-15(3,4)17(14)18-13-8-6-5-7-9-13/h12-13H,5-11,16H2,1-4H3/p+1. The Morgan fingerprint density at radius 2 is 1.44 bits per heavy atom. The van der Waals surface area contributed by atoms with Crippen LogP contribution in [0.15, 0.2) is 0 Å². The van der Waals surface area contributed by atoms with E-state index in [1.54, 1.807) is 0 Å². The van der Waals surface area contributed by atoms with E-state index in [1.807, 2.05) is 0 Å². The van der Waals surface area contributed by atoms with E-state index >= 15 is 0 Å². The Morgan fingerprint density at radius 3 is 1.94 bits per heavy atom. The summed E-state index contributed by atoms with van der Waals surface area (Å²) in [5, 5.41) is 2.30. The van der Waals surface area contributed by atoms with Gasteiger partial charge in [-0.15, -0.1) is 0 Å². The van der Waals surface area contributed by atoms with E-state index in [1.165, 1.54) is 32.1 Å². The maximum Gasteiger partial charge on any atom is 0.0880 e. The van der Waals surface area contributed by atoms with Gasteiger partial charge in [0.25, 0.3) is 0 Å². The van der Waals surface area contributed by atoms with Gasteiger partial charge in [-0.25, -0.2) is 0 Å². The van der Waals surface area contributed by atoms with E-state index in [9.17, 15) is 0 Å². The van der Waals surface area contributed by atoms with Crippen LogP contribution in [0, 0.1) is 0 Å². The third kappa shape index (κ3) is 3.06. The number of hydrogen-bond acceptors (Lipinski definition) is 2. The fourth-order valence-electron chi connectivity index (χ4n) is 4.08. The lowest BCUT2D eigenvalue weighted by Gasteiger charge is -2.53. The van der Waals surface area contributed by atoms with E-state index < -0.39 is 0 Å². The topological polar surface area (TPSA) is 40.1 Å². The molecule has 1 heterocycles. The second-order valence-electron chi connectivity index (χ2n) is 7.56. The zero-order valence-electron chi connectivity index (χ0n) is 12.7. The Labute approximate surface area is 112 Å². The molecule has 0 unspecified atom stereocenters. The summed E-state index contributed by atoms with van der Waals surface area (Å²) in [7, 11) is 0. The number of nitrogens with zero attached hydrogens (tertiary/aromatic N) is 1. The molecule has 3 heteroatoms. The van der Waals surface area contributed by atoms with Crippen molar-refractivity contribution in [1.29, 1.82) is 0 Å². The van der Waals surface area contributed by atoms with Gasteiger partial charge in [-0.1, -0.05) is 19.3 Å². The SMILES string of the molecule is CC1(C)CC([NH3+])CC(C)(C)N1OC1CCCCC1. The largest absolute Gasteiger partial charge is 0.355 e. The van der Waals surface area contributed by atoms with E-state index in [0.29, 0.717) is 12.1 Å². The quantitative estimate of drug-likeness (QED) is 0.823. The van der Waals surface area contributed by atoms with Crippen LogP contribution < -0.4 is 5.73 Å². The molecule has 1 saturated carbocycles. The third-order valence-corrected chi connectivity index (χ3v) is 4.48. The van der Waals surface area contributed by atoms with Crippen molar-refractivity contribution in [3.63, 3.8) is 0 Å². The van der Waals surface area contributed by atoms with Crippen molar-refractivity contribution < 1.29 is 10.6 Å². The highest BCUT2D eigenvalue weighted by molar-refractivity contribution is 4.96. The molecule has 0 atom stereocenters. The molecular formula is C15H31N2O+. The van der Waals surface area contributed by atoms with Crippen LogP contribution in [0.3, 0.4) is 0 Å². The number of hydroxylamine groups is 2. The molecule has 0 aromatic rings. The molecule has 1 saturated heterocycles. The molecule has 3 nitrogen and oxygen atoms in total. The molecule has 2 fully saturated rings. The lowest BCUT2D eigenvalue weighted by molar-refractivity contribution is -0.453. The number of rotatable bonds is 2. The fraction of sp³-hybridized carbons (Fsp3) is 1.00. The molecule has 0 bridgehead atoms. The number of piperidine rings is 1. The highest BCUT2D eigenvalue weighted by Gasteiger charge is 2.47. The van der Waals surface area contributed by atoms with Gasteiger partial charge in [-0.05, 0) is 40.5 Å². The van der Waals surface area contributed by atoms with Crippen molar-refractivity contribution in [2.24, 2.45) is 0 Å². The summed E-state index contributed by atoms with van der Waals surface area (Å²) >= 11 is 0. The predicted octanol–water partition coefficient (Wildman–Crippen LogP) is 2.51. The molecule has 0 amide bonds. The lowest BCUT2D eigenvalue weighted by Crippen LogP contribution is -2.73. The van der Waals surface area contributed by atoms with Gasteiger partial charge in [0.05, 0.1) is 12.1 Å². The maximum atomic E-state index is 6.42. The van der Waals surface area contributed by atoms with Gasteiger partial charge in [0.1, 0.15) is 0 Å². The molecule has 3 N–H and O–H groups in total. The van der Waals surface area contributed by atoms with Crippen LogP contribution in [0.1, 0.15) is 72.6 Å². The Kier molecular flexibility index (Phi) is 4.05. The van der Waals surface area contributed by atoms with Crippen LogP contribution in [0.5, 0.6) is 0 Å². The predicted molar refractivity (Wildman–Crippen MR) is 73.9 cm³/mol. The minimum absolute atomic E-state index is 0.103. The molecule has 2 rings (SSSR count). The molecule has 0 aromatic heterocycles. The first-order valence-corrected chi connectivity index (χ1v) is 7.61. The Balaban J connectivity index is 2.07. The van der Waals surface area contributed by atoms with Gasteiger partial charge in [0.2, 0.25) is 0 Å². The first kappa shape index (κ1) is 14.3. The summed E-state index contributed by atoms with van der Waals surface area (Å²) in [5.41, 5.74) is 4.49. The monoisotopic (exact) mass is 255 g/mol. The summed E-state index contributed by atoms with van der Waals surface area (Å²) in [6.07, 6.45) is 9.21. The van der Waals surface area contributed by atoms with Crippen LogP contribution >= 0.6 is 0 Å². The first-order valence-electron chi connectivity index (χ1n) is 7.61. The van der Waals surface area contributed by atoms with E-state index in [0.717, 1.165) is 12.8 Å². The fourth-order valence-corrected chi connectivity index (χ4v) is 4.08. The molecular weight excluding hydrogens is 224 g/mol. The zero-order chi connectivity index (χ0) is 13.4. The van der Waals surface area contributed by atoms with Crippen molar-refractivity contribution in [2.75, 3.05) is 0 Å². The smallest absolute Gasteiger partial charge is 0.0880 e. The highest BCUT2D eigenvalue weighted by Crippen LogP contribution is 2.39. The molecule has 0 aromatic carbocycles. The average molecular weight is 255 g/mol. The van der Waals surface area contributed by atoms with Gasteiger partial charge in [0.15, 0.2) is 0 Å². The average Bonchev–Trinajstić information content (AvgIpc) is 2.23. The minimum atomic E-state index is 0.103. The molecule has 2 aliphatic rings. The maximum absolute atomic E-state index is 6.42. The van der Waals surface area contributed by atoms with Crippen molar-refractivity contribution in [3.8, 4) is 0 Å². The van der Waals surface area contributed by atoms with Gasteiger partial charge in [0, 0.05) is 23.9 Å². The molecule has 1 aliphatic heterocycles. The van der Waals surface area contributed by atoms with Crippen LogP contribution in [0.25, 0.3) is 0 Å². The van der Waals surface area contributed by atoms with Crippen LogP contribution in [-0.2, 0) is 4.84 Å². The van der Waals surface area contributed by atoms with Gasteiger partial charge in [-0.3, -0.25) is 4.84 Å². The molecule has 106 valence electrons. The molecule has 0 spiro atoms.